The monoisotopic (exact) mass is 435 g/mol. The molecule has 0 spiro atoms. The lowest BCUT2D eigenvalue weighted by atomic mass is 10.1. The van der Waals surface area contributed by atoms with E-state index >= 15 is 0 Å². The van der Waals surface area contributed by atoms with E-state index in [0.717, 1.165) is 19.3 Å². The summed E-state index contributed by atoms with van der Waals surface area (Å²) in [6.45, 7) is 1.67. The van der Waals surface area contributed by atoms with Gasteiger partial charge in [0.2, 0.25) is 15.9 Å². The molecule has 0 aliphatic carbocycles. The van der Waals surface area contributed by atoms with Crippen LogP contribution in [-0.4, -0.2) is 56.4 Å². The molecule has 2 rings (SSSR count). The van der Waals surface area contributed by atoms with Gasteiger partial charge in [-0.2, -0.15) is 17.5 Å². The molecule has 1 unspecified atom stereocenters. The number of alkyl halides is 3. The summed E-state index contributed by atoms with van der Waals surface area (Å²) in [4.78, 5) is 23.8. The number of carbonyl (C=O) groups excluding carboxylic acids is 2. The molecule has 0 radical (unpaired) electrons. The van der Waals surface area contributed by atoms with E-state index in [2.05, 4.69) is 5.32 Å². The van der Waals surface area contributed by atoms with Gasteiger partial charge in [-0.25, -0.2) is 8.42 Å². The second kappa shape index (κ2) is 9.12. The molecule has 1 fully saturated rings. The summed E-state index contributed by atoms with van der Waals surface area (Å²) in [5, 5.41) is 3.86. The van der Waals surface area contributed by atoms with Gasteiger partial charge in [0, 0.05) is 18.2 Å². The van der Waals surface area contributed by atoms with Crippen LogP contribution in [0.15, 0.2) is 23.1 Å². The van der Waals surface area contributed by atoms with Crippen LogP contribution in [0.1, 0.15) is 42.1 Å². The van der Waals surface area contributed by atoms with Crippen molar-refractivity contribution in [2.45, 2.75) is 50.2 Å². The highest BCUT2D eigenvalue weighted by molar-refractivity contribution is 7.89. The van der Waals surface area contributed by atoms with Gasteiger partial charge in [0.25, 0.3) is 5.91 Å². The zero-order chi connectivity index (χ0) is 21.8. The van der Waals surface area contributed by atoms with E-state index in [1.165, 1.54) is 22.5 Å². The van der Waals surface area contributed by atoms with E-state index < -0.39 is 41.1 Å². The minimum atomic E-state index is -4.55. The topological polar surface area (TPSA) is 95.6 Å². The Bertz CT molecular complexity index is 872. The first-order chi connectivity index (χ1) is 13.4. The number of rotatable bonds is 6. The first kappa shape index (κ1) is 23.1. The number of aryl methyl sites for hydroxylation is 1. The van der Waals surface area contributed by atoms with E-state index in [4.69, 9.17) is 0 Å². The van der Waals surface area contributed by atoms with Gasteiger partial charge in [0.15, 0.2) is 0 Å². The van der Waals surface area contributed by atoms with Gasteiger partial charge in [0.1, 0.15) is 6.54 Å². The Kier molecular flexibility index (Phi) is 7.28. The maximum Gasteiger partial charge on any atom is 0.405 e. The van der Waals surface area contributed by atoms with Crippen LogP contribution in [-0.2, 0) is 14.8 Å². The Hall–Kier alpha value is -2.14. The van der Waals surface area contributed by atoms with Gasteiger partial charge in [-0.3, -0.25) is 9.59 Å². The normalized spacial score (nSPS) is 18.3. The molecule has 1 aliphatic heterocycles. The summed E-state index contributed by atoms with van der Waals surface area (Å²) in [5.74, 6) is -1.74. The Labute approximate surface area is 167 Å². The SMILES string of the molecule is Cc1ccc(S(=O)(=O)N2CCCCC2C)cc1C(=O)NCC(=O)NCC(F)(F)F. The maximum absolute atomic E-state index is 13.0. The predicted molar refractivity (Wildman–Crippen MR) is 99.8 cm³/mol. The molecule has 1 aliphatic rings. The van der Waals surface area contributed by atoms with E-state index in [-0.39, 0.29) is 16.5 Å². The molecular formula is C18H24F3N3O4S. The number of amides is 2. The summed E-state index contributed by atoms with van der Waals surface area (Å²) in [5.41, 5.74) is 0.517. The summed E-state index contributed by atoms with van der Waals surface area (Å²) in [6, 6.07) is 3.98. The second-order valence-corrected chi connectivity index (χ2v) is 8.90. The third-order valence-electron chi connectivity index (χ3n) is 4.70. The van der Waals surface area contributed by atoms with E-state index in [9.17, 15) is 31.2 Å². The fourth-order valence-electron chi connectivity index (χ4n) is 3.09. The molecule has 0 aromatic heterocycles. The summed E-state index contributed by atoms with van der Waals surface area (Å²) in [6.07, 6.45) is -2.09. The molecule has 1 aromatic rings. The van der Waals surface area contributed by atoms with Gasteiger partial charge in [-0.05, 0) is 44.4 Å². The minimum Gasteiger partial charge on any atom is -0.345 e. The van der Waals surface area contributed by atoms with Crippen molar-refractivity contribution in [2.24, 2.45) is 0 Å². The van der Waals surface area contributed by atoms with Gasteiger partial charge in [0.05, 0.1) is 11.4 Å². The lowest BCUT2D eigenvalue weighted by Crippen LogP contribution is -2.42. The molecule has 7 nitrogen and oxygen atoms in total. The third kappa shape index (κ3) is 6.17. The van der Waals surface area contributed by atoms with Gasteiger partial charge in [-0.1, -0.05) is 12.5 Å². The van der Waals surface area contributed by atoms with Crippen LogP contribution in [0.4, 0.5) is 13.2 Å². The highest BCUT2D eigenvalue weighted by atomic mass is 32.2. The molecule has 1 atom stereocenters. The van der Waals surface area contributed by atoms with Crippen molar-refractivity contribution in [3.63, 3.8) is 0 Å². The molecule has 29 heavy (non-hydrogen) atoms. The van der Waals surface area contributed by atoms with Crippen molar-refractivity contribution in [1.29, 1.82) is 0 Å². The quantitative estimate of drug-likeness (QED) is 0.714. The number of piperidine rings is 1. The van der Waals surface area contributed by atoms with Crippen LogP contribution in [0.3, 0.4) is 0 Å². The van der Waals surface area contributed by atoms with Crippen LogP contribution in [0.25, 0.3) is 0 Å². The van der Waals surface area contributed by atoms with E-state index in [0.29, 0.717) is 12.1 Å². The Balaban J connectivity index is 2.12. The molecular weight excluding hydrogens is 411 g/mol. The standard InChI is InChI=1S/C18H24F3N3O4S/c1-12-6-7-14(29(27,28)24-8-4-3-5-13(24)2)9-15(12)17(26)22-10-16(25)23-11-18(19,20)21/h6-7,9,13H,3-5,8,10-11H2,1-2H3,(H,22,26)(H,23,25). The lowest BCUT2D eigenvalue weighted by molar-refractivity contribution is -0.137. The number of sulfonamides is 1. The molecule has 2 amide bonds. The Morgan fingerprint density at radius 3 is 2.52 bits per heavy atom. The number of hydrogen-bond acceptors (Lipinski definition) is 4. The highest BCUT2D eigenvalue weighted by Gasteiger charge is 2.31. The fraction of sp³-hybridized carbons (Fsp3) is 0.556. The molecule has 1 aromatic carbocycles. The third-order valence-corrected chi connectivity index (χ3v) is 6.71. The zero-order valence-electron chi connectivity index (χ0n) is 16.2. The Morgan fingerprint density at radius 1 is 1.21 bits per heavy atom. The number of hydrogen-bond donors (Lipinski definition) is 2. The van der Waals surface area contributed by atoms with Crippen LogP contribution in [0.2, 0.25) is 0 Å². The van der Waals surface area contributed by atoms with Crippen molar-refractivity contribution in [2.75, 3.05) is 19.6 Å². The number of benzene rings is 1. The van der Waals surface area contributed by atoms with Crippen molar-refractivity contribution in [1.82, 2.24) is 14.9 Å². The largest absolute Gasteiger partial charge is 0.405 e. The second-order valence-electron chi connectivity index (χ2n) is 7.01. The lowest BCUT2D eigenvalue weighted by Gasteiger charge is -2.32. The first-order valence-corrected chi connectivity index (χ1v) is 10.6. The first-order valence-electron chi connectivity index (χ1n) is 9.16. The molecule has 1 heterocycles. The summed E-state index contributed by atoms with van der Waals surface area (Å²) < 4.78 is 63.6. The van der Waals surface area contributed by atoms with E-state index in [1.807, 2.05) is 6.92 Å². The van der Waals surface area contributed by atoms with Crippen LogP contribution < -0.4 is 10.6 Å². The number of halogens is 3. The summed E-state index contributed by atoms with van der Waals surface area (Å²) in [7, 11) is -3.79. The van der Waals surface area contributed by atoms with E-state index in [1.54, 1.807) is 12.2 Å². The average Bonchev–Trinajstić information content (AvgIpc) is 2.64. The molecule has 2 N–H and O–H groups in total. The zero-order valence-corrected chi connectivity index (χ0v) is 17.0. The molecule has 0 bridgehead atoms. The fourth-order valence-corrected chi connectivity index (χ4v) is 4.81. The predicted octanol–water partition coefficient (Wildman–Crippen LogP) is 1.97. The van der Waals surface area contributed by atoms with Crippen LogP contribution >= 0.6 is 0 Å². The smallest absolute Gasteiger partial charge is 0.345 e. The molecule has 0 saturated carbocycles. The number of nitrogens with one attached hydrogen (secondary N) is 2. The van der Waals surface area contributed by atoms with Gasteiger partial charge >= 0.3 is 6.18 Å². The van der Waals surface area contributed by atoms with Crippen molar-refractivity contribution in [3.05, 3.63) is 29.3 Å². The number of carbonyl (C=O) groups is 2. The van der Waals surface area contributed by atoms with Crippen molar-refractivity contribution in [3.8, 4) is 0 Å². The molecule has 162 valence electrons. The number of nitrogens with zero attached hydrogens (tertiary/aromatic N) is 1. The average molecular weight is 435 g/mol. The maximum atomic E-state index is 13.0. The van der Waals surface area contributed by atoms with Gasteiger partial charge < -0.3 is 10.6 Å². The molecule has 1 saturated heterocycles. The van der Waals surface area contributed by atoms with Crippen LogP contribution in [0, 0.1) is 6.92 Å². The molecule has 11 heteroatoms. The van der Waals surface area contributed by atoms with Crippen molar-refractivity contribution >= 4 is 21.8 Å². The highest BCUT2D eigenvalue weighted by Crippen LogP contribution is 2.26. The summed E-state index contributed by atoms with van der Waals surface area (Å²) >= 11 is 0. The van der Waals surface area contributed by atoms with Crippen LogP contribution in [0.5, 0.6) is 0 Å². The minimum absolute atomic E-state index is 0.0384. The Morgan fingerprint density at radius 2 is 1.90 bits per heavy atom. The van der Waals surface area contributed by atoms with Gasteiger partial charge in [-0.15, -0.1) is 0 Å². The van der Waals surface area contributed by atoms with Crippen molar-refractivity contribution < 1.29 is 31.2 Å².